The van der Waals surface area contributed by atoms with E-state index >= 15 is 0 Å². The lowest BCUT2D eigenvalue weighted by Gasteiger charge is -2.10. The predicted molar refractivity (Wildman–Crippen MR) is 130 cm³/mol. The Morgan fingerprint density at radius 1 is 1.17 bits per heavy atom. The van der Waals surface area contributed by atoms with Crippen LogP contribution in [0, 0.1) is 13.8 Å². The zero-order valence-corrected chi connectivity index (χ0v) is 20.7. The van der Waals surface area contributed by atoms with E-state index in [-0.39, 0.29) is 28.4 Å². The Morgan fingerprint density at radius 3 is 2.46 bits per heavy atom. The molecule has 0 unspecified atom stereocenters. The van der Waals surface area contributed by atoms with Crippen molar-refractivity contribution >= 4 is 50.7 Å². The SMILES string of the molecule is CCn1cc(-c2cc(C(F)F)nc3sc(C(N)=O)c(NC(=O)CCn4cc(Cl)c(C)n4)c23)c(C)n1. The predicted octanol–water partition coefficient (Wildman–Crippen LogP) is 4.71. The molecule has 9 nitrogen and oxygen atoms in total. The Bertz CT molecular complexity index is 1420. The number of primary amides is 1. The average molecular weight is 522 g/mol. The number of alkyl halides is 2. The topological polar surface area (TPSA) is 121 Å². The van der Waals surface area contributed by atoms with E-state index in [0.29, 0.717) is 39.5 Å². The maximum atomic E-state index is 13.7. The number of thiophene rings is 1. The molecular weight excluding hydrogens is 500 g/mol. The van der Waals surface area contributed by atoms with Gasteiger partial charge in [0.2, 0.25) is 5.91 Å². The van der Waals surface area contributed by atoms with Crippen LogP contribution in [0.15, 0.2) is 18.5 Å². The number of nitrogens with one attached hydrogen (secondary N) is 1. The molecule has 0 aromatic carbocycles. The second kappa shape index (κ2) is 9.70. The number of carbonyl (C=O) groups excluding carboxylic acids is 2. The summed E-state index contributed by atoms with van der Waals surface area (Å²) in [6.45, 7) is 6.23. The number of fused-ring (bicyclic) bond motifs is 1. The van der Waals surface area contributed by atoms with Crippen LogP contribution >= 0.6 is 22.9 Å². The summed E-state index contributed by atoms with van der Waals surface area (Å²) in [6.07, 6.45) is 0.538. The number of nitrogens with two attached hydrogens (primary N) is 1. The van der Waals surface area contributed by atoms with Gasteiger partial charge in [-0.2, -0.15) is 10.2 Å². The van der Waals surface area contributed by atoms with Crippen molar-refractivity contribution in [1.82, 2.24) is 24.5 Å². The fraction of sp³-hybridized carbons (Fsp3) is 0.318. The minimum atomic E-state index is -2.83. The third-order valence-corrected chi connectivity index (χ3v) is 6.88. The molecule has 13 heteroatoms. The Labute approximate surface area is 207 Å². The molecule has 0 atom stereocenters. The number of carbonyl (C=O) groups is 2. The molecular formula is C22H22ClF2N7O2S. The Balaban J connectivity index is 1.80. The maximum Gasteiger partial charge on any atom is 0.280 e. The number of amides is 2. The number of anilines is 1. The molecule has 0 bridgehead atoms. The lowest BCUT2D eigenvalue weighted by Crippen LogP contribution is -2.18. The zero-order valence-electron chi connectivity index (χ0n) is 19.1. The molecule has 0 saturated carbocycles. The molecule has 0 aliphatic rings. The molecule has 3 N–H and O–H groups in total. The van der Waals surface area contributed by atoms with Crippen LogP contribution in [0.25, 0.3) is 21.3 Å². The van der Waals surface area contributed by atoms with Crippen LogP contribution in [0.5, 0.6) is 0 Å². The first-order valence-corrected chi connectivity index (χ1v) is 11.9. The average Bonchev–Trinajstić information content (AvgIpc) is 3.46. The summed E-state index contributed by atoms with van der Waals surface area (Å²) < 4.78 is 30.6. The van der Waals surface area contributed by atoms with Gasteiger partial charge in [0, 0.05) is 42.9 Å². The van der Waals surface area contributed by atoms with Gasteiger partial charge in [-0.3, -0.25) is 19.0 Å². The highest BCUT2D eigenvalue weighted by atomic mass is 35.5. The van der Waals surface area contributed by atoms with Gasteiger partial charge in [0.1, 0.15) is 15.4 Å². The van der Waals surface area contributed by atoms with Crippen LogP contribution in [0.1, 0.15) is 46.5 Å². The zero-order chi connectivity index (χ0) is 25.4. The summed E-state index contributed by atoms with van der Waals surface area (Å²) in [4.78, 5) is 29.3. The number of pyridine rings is 1. The van der Waals surface area contributed by atoms with Crippen LogP contribution in [-0.4, -0.2) is 36.4 Å². The smallest absolute Gasteiger partial charge is 0.280 e. The van der Waals surface area contributed by atoms with Gasteiger partial charge < -0.3 is 11.1 Å². The second-order valence-electron chi connectivity index (χ2n) is 7.85. The van der Waals surface area contributed by atoms with E-state index in [1.807, 2.05) is 6.92 Å². The van der Waals surface area contributed by atoms with Gasteiger partial charge in [-0.25, -0.2) is 13.8 Å². The van der Waals surface area contributed by atoms with E-state index in [1.54, 1.807) is 35.6 Å². The molecule has 184 valence electrons. The molecule has 35 heavy (non-hydrogen) atoms. The van der Waals surface area contributed by atoms with Crippen molar-refractivity contribution in [3.05, 3.63) is 45.4 Å². The van der Waals surface area contributed by atoms with Crippen molar-refractivity contribution in [1.29, 1.82) is 0 Å². The summed E-state index contributed by atoms with van der Waals surface area (Å²) in [5.74, 6) is -1.22. The maximum absolute atomic E-state index is 13.7. The molecule has 0 spiro atoms. The standard InChI is InChI=1S/C22H22ClF2N7O2S/c1-4-31-8-13(10(2)29-31)12-7-15(20(24)25)27-22-17(12)18(19(35-22)21(26)34)28-16(33)5-6-32-9-14(23)11(3)30-32/h7-9,20H,4-6H2,1-3H3,(H2,26,34)(H,28,33). The first-order chi connectivity index (χ1) is 16.6. The van der Waals surface area contributed by atoms with Crippen molar-refractivity contribution < 1.29 is 18.4 Å². The van der Waals surface area contributed by atoms with Gasteiger partial charge in [-0.05, 0) is 32.4 Å². The number of aryl methyl sites for hydroxylation is 4. The van der Waals surface area contributed by atoms with E-state index in [2.05, 4.69) is 20.5 Å². The van der Waals surface area contributed by atoms with Gasteiger partial charge in [-0.15, -0.1) is 11.3 Å². The quantitative estimate of drug-likeness (QED) is 0.348. The number of halogens is 3. The largest absolute Gasteiger partial charge is 0.365 e. The summed E-state index contributed by atoms with van der Waals surface area (Å²) >= 11 is 6.87. The normalized spacial score (nSPS) is 11.5. The number of aromatic nitrogens is 5. The van der Waals surface area contributed by atoms with Crippen molar-refractivity contribution in [3.63, 3.8) is 0 Å². The van der Waals surface area contributed by atoms with Crippen LogP contribution in [0.4, 0.5) is 14.5 Å². The lowest BCUT2D eigenvalue weighted by atomic mass is 10.0. The van der Waals surface area contributed by atoms with E-state index in [0.717, 1.165) is 11.3 Å². The van der Waals surface area contributed by atoms with Crippen LogP contribution in [-0.2, 0) is 17.9 Å². The fourth-order valence-electron chi connectivity index (χ4n) is 3.70. The molecule has 0 fully saturated rings. The number of nitrogens with zero attached hydrogens (tertiary/aromatic N) is 5. The Hall–Kier alpha value is -3.38. The van der Waals surface area contributed by atoms with Crippen LogP contribution < -0.4 is 11.1 Å². The van der Waals surface area contributed by atoms with Crippen molar-refractivity contribution in [3.8, 4) is 11.1 Å². The molecule has 4 heterocycles. The lowest BCUT2D eigenvalue weighted by molar-refractivity contribution is -0.116. The van der Waals surface area contributed by atoms with Crippen molar-refractivity contribution in [2.45, 2.75) is 46.7 Å². The highest BCUT2D eigenvalue weighted by Gasteiger charge is 2.26. The third-order valence-electron chi connectivity index (χ3n) is 5.41. The molecule has 0 aliphatic heterocycles. The highest BCUT2D eigenvalue weighted by molar-refractivity contribution is 7.21. The van der Waals surface area contributed by atoms with Gasteiger partial charge >= 0.3 is 0 Å². The van der Waals surface area contributed by atoms with Crippen molar-refractivity contribution in [2.24, 2.45) is 5.73 Å². The van der Waals surface area contributed by atoms with Gasteiger partial charge in [0.25, 0.3) is 12.3 Å². The second-order valence-corrected chi connectivity index (χ2v) is 9.26. The molecule has 0 radical (unpaired) electrons. The third kappa shape index (κ3) is 4.89. The Kier molecular flexibility index (Phi) is 6.86. The Morgan fingerprint density at radius 2 is 1.89 bits per heavy atom. The van der Waals surface area contributed by atoms with Crippen molar-refractivity contribution in [2.75, 3.05) is 5.32 Å². The van der Waals surface area contributed by atoms with Crippen LogP contribution in [0.3, 0.4) is 0 Å². The van der Waals surface area contributed by atoms with E-state index in [9.17, 15) is 18.4 Å². The first-order valence-electron chi connectivity index (χ1n) is 10.7. The number of rotatable bonds is 8. The molecule has 4 aromatic rings. The minimum absolute atomic E-state index is 0.0204. The minimum Gasteiger partial charge on any atom is -0.365 e. The van der Waals surface area contributed by atoms with E-state index in [4.69, 9.17) is 17.3 Å². The van der Waals surface area contributed by atoms with E-state index in [1.165, 1.54) is 6.07 Å². The molecule has 2 amide bonds. The summed E-state index contributed by atoms with van der Waals surface area (Å²) in [6, 6.07) is 1.26. The van der Waals surface area contributed by atoms with Crippen LogP contribution in [0.2, 0.25) is 5.02 Å². The number of hydrogen-bond donors (Lipinski definition) is 2. The summed E-state index contributed by atoms with van der Waals surface area (Å²) in [7, 11) is 0. The number of hydrogen-bond acceptors (Lipinski definition) is 6. The van der Waals surface area contributed by atoms with Gasteiger partial charge in [-0.1, -0.05) is 11.6 Å². The molecule has 0 aliphatic carbocycles. The molecule has 4 rings (SSSR count). The monoisotopic (exact) mass is 521 g/mol. The highest BCUT2D eigenvalue weighted by Crippen LogP contribution is 2.43. The molecule has 4 aromatic heterocycles. The fourth-order valence-corrected chi connectivity index (χ4v) is 4.87. The van der Waals surface area contributed by atoms with E-state index < -0.39 is 23.9 Å². The summed E-state index contributed by atoms with van der Waals surface area (Å²) in [5.41, 5.74) is 7.50. The van der Waals surface area contributed by atoms with Gasteiger partial charge in [0.15, 0.2) is 0 Å². The van der Waals surface area contributed by atoms with Gasteiger partial charge in [0.05, 0.1) is 22.1 Å². The molecule has 0 saturated heterocycles. The first kappa shape index (κ1) is 24.7. The summed E-state index contributed by atoms with van der Waals surface area (Å²) in [5, 5.41) is 12.2.